The molecule has 1 rings (SSSR count). The molecule has 0 N–H and O–H groups in total. The van der Waals surface area contributed by atoms with Crippen LogP contribution in [0.3, 0.4) is 0 Å². The molecule has 1 atom stereocenters. The Bertz CT molecular complexity index is 126. The molecule has 0 aromatic rings. The standard InChI is InChI=1S/C6H20OSi4/c1-4-11(5-2)6-7-8-9-10(11)3/h10H,4-6,8-9H2,1-3H3. The molecular weight excluding hydrogens is 200 g/mol. The zero-order valence-corrected chi connectivity index (χ0v) is 13.0. The van der Waals surface area contributed by atoms with Gasteiger partial charge in [0.15, 0.2) is 0 Å². The molecule has 0 aromatic carbocycles. The minimum atomic E-state index is -0.721. The fourth-order valence-electron chi connectivity index (χ4n) is 2.14. The Morgan fingerprint density at radius 3 is 2.45 bits per heavy atom. The smallest absolute Gasteiger partial charge is 0.139 e. The SMILES string of the molecule is CC[Si]1(CC)CO[SiH2][SiH2][SiH]1C. The van der Waals surface area contributed by atoms with Crippen LogP contribution in [-0.4, -0.2) is 39.5 Å². The van der Waals surface area contributed by atoms with Crippen molar-refractivity contribution in [2.45, 2.75) is 32.5 Å². The van der Waals surface area contributed by atoms with E-state index in [1.54, 1.807) is 0 Å². The summed E-state index contributed by atoms with van der Waals surface area (Å²) in [5.41, 5.74) is 0. The van der Waals surface area contributed by atoms with E-state index in [9.17, 15) is 0 Å². The third-order valence-corrected chi connectivity index (χ3v) is 50.1. The van der Waals surface area contributed by atoms with Gasteiger partial charge in [-0.1, -0.05) is 32.5 Å². The predicted molar refractivity (Wildman–Crippen MR) is 62.8 cm³/mol. The van der Waals surface area contributed by atoms with Crippen LogP contribution in [-0.2, 0) is 4.43 Å². The van der Waals surface area contributed by atoms with Crippen molar-refractivity contribution in [3.63, 3.8) is 0 Å². The molecule has 1 fully saturated rings. The van der Waals surface area contributed by atoms with E-state index >= 15 is 0 Å². The highest BCUT2D eigenvalue weighted by Crippen LogP contribution is 2.20. The Hall–Kier alpha value is 0.828. The second-order valence-corrected chi connectivity index (χ2v) is 32.3. The summed E-state index contributed by atoms with van der Waals surface area (Å²) in [5.74, 6) is 0. The minimum absolute atomic E-state index is 0.109. The quantitative estimate of drug-likeness (QED) is 0.578. The molecule has 0 saturated carbocycles. The van der Waals surface area contributed by atoms with E-state index in [-0.39, 0.29) is 17.1 Å². The summed E-state index contributed by atoms with van der Waals surface area (Å²) in [6.45, 7) is 7.51. The van der Waals surface area contributed by atoms with Crippen molar-refractivity contribution < 1.29 is 4.43 Å². The van der Waals surface area contributed by atoms with Gasteiger partial charge in [0.25, 0.3) is 0 Å². The Balaban J connectivity index is 2.61. The third-order valence-electron chi connectivity index (χ3n) is 3.54. The fraction of sp³-hybridized carbons (Fsp3) is 1.00. The lowest BCUT2D eigenvalue weighted by molar-refractivity contribution is 0.411. The van der Waals surface area contributed by atoms with E-state index in [1.807, 2.05) is 0 Å². The van der Waals surface area contributed by atoms with Crippen molar-refractivity contribution >= 4 is 33.3 Å². The zero-order valence-electron chi connectivity index (χ0n) is 8.02. The fourth-order valence-corrected chi connectivity index (χ4v) is 55.0. The van der Waals surface area contributed by atoms with Crippen LogP contribution in [0.4, 0.5) is 0 Å². The van der Waals surface area contributed by atoms with Gasteiger partial charge in [0.05, 0.1) is 7.59 Å². The molecule has 1 saturated heterocycles. The van der Waals surface area contributed by atoms with Crippen LogP contribution in [0.2, 0.25) is 18.6 Å². The molecule has 0 aromatic heterocycles. The molecule has 66 valence electrons. The topological polar surface area (TPSA) is 9.23 Å². The van der Waals surface area contributed by atoms with Crippen molar-refractivity contribution in [3.05, 3.63) is 0 Å². The molecule has 0 radical (unpaired) electrons. The maximum atomic E-state index is 5.83. The Kier molecular flexibility index (Phi) is 3.76. The Labute approximate surface area is 76.7 Å². The van der Waals surface area contributed by atoms with Gasteiger partial charge in [-0.3, -0.25) is 0 Å². The molecule has 1 aliphatic rings. The maximum Gasteiger partial charge on any atom is 0.139 e. The Morgan fingerprint density at radius 2 is 2.09 bits per heavy atom. The molecule has 0 aliphatic carbocycles. The molecule has 11 heavy (non-hydrogen) atoms. The summed E-state index contributed by atoms with van der Waals surface area (Å²) < 4.78 is 5.83. The van der Waals surface area contributed by atoms with Crippen molar-refractivity contribution in [2.24, 2.45) is 0 Å². The first-order valence-corrected chi connectivity index (χ1v) is 18.3. The van der Waals surface area contributed by atoms with Gasteiger partial charge in [-0.15, -0.1) is 0 Å². The van der Waals surface area contributed by atoms with Crippen LogP contribution in [0, 0.1) is 0 Å². The molecular formula is C6H20OSi4. The highest BCUT2D eigenvalue weighted by molar-refractivity contribution is 7.61. The van der Waals surface area contributed by atoms with Gasteiger partial charge in [-0.2, -0.15) is 0 Å². The molecule has 1 aliphatic heterocycles. The van der Waals surface area contributed by atoms with Gasteiger partial charge >= 0.3 is 0 Å². The van der Waals surface area contributed by atoms with Gasteiger partial charge in [-0.25, -0.2) is 0 Å². The van der Waals surface area contributed by atoms with Gasteiger partial charge in [0.1, 0.15) is 9.28 Å². The summed E-state index contributed by atoms with van der Waals surface area (Å²) in [4.78, 5) is 0. The Morgan fingerprint density at radius 1 is 1.45 bits per heavy atom. The summed E-state index contributed by atoms with van der Waals surface area (Å²) >= 11 is 0. The molecule has 1 heterocycles. The van der Waals surface area contributed by atoms with Gasteiger partial charge in [0, 0.05) is 22.6 Å². The van der Waals surface area contributed by atoms with Gasteiger partial charge in [0.2, 0.25) is 0 Å². The molecule has 5 heteroatoms. The van der Waals surface area contributed by atoms with E-state index in [0.29, 0.717) is 8.55 Å². The summed E-state index contributed by atoms with van der Waals surface area (Å²) in [5, 5.41) is 0. The molecule has 1 nitrogen and oxygen atoms in total. The largest absolute Gasteiger partial charge is 0.432 e. The molecule has 1 unspecified atom stereocenters. The van der Waals surface area contributed by atoms with Crippen LogP contribution < -0.4 is 0 Å². The van der Waals surface area contributed by atoms with Crippen LogP contribution in [0.25, 0.3) is 0 Å². The summed E-state index contributed by atoms with van der Waals surface area (Å²) in [6, 6.07) is 3.05. The number of hydrogen-bond donors (Lipinski definition) is 0. The van der Waals surface area contributed by atoms with Crippen molar-refractivity contribution in [1.82, 2.24) is 0 Å². The molecule has 0 bridgehead atoms. The lowest BCUT2D eigenvalue weighted by Crippen LogP contribution is -2.61. The lowest BCUT2D eigenvalue weighted by atomic mass is 10.9. The average Bonchev–Trinajstić information content (AvgIpc) is 2.06. The van der Waals surface area contributed by atoms with Crippen LogP contribution in [0.1, 0.15) is 13.8 Å². The minimum Gasteiger partial charge on any atom is -0.432 e. The first-order chi connectivity index (χ1) is 5.25. The van der Waals surface area contributed by atoms with Crippen LogP contribution >= 0.6 is 0 Å². The van der Waals surface area contributed by atoms with E-state index in [2.05, 4.69) is 20.4 Å². The number of rotatable bonds is 2. The first kappa shape index (κ1) is 9.91. The summed E-state index contributed by atoms with van der Waals surface area (Å²) in [6.07, 6.45) is 1.28. The van der Waals surface area contributed by atoms with E-state index in [4.69, 9.17) is 4.43 Å². The highest BCUT2D eigenvalue weighted by Gasteiger charge is 2.38. The zero-order chi connectivity index (χ0) is 8.32. The van der Waals surface area contributed by atoms with Crippen molar-refractivity contribution in [3.8, 4) is 0 Å². The summed E-state index contributed by atoms with van der Waals surface area (Å²) in [7, 11) is -0.319. The number of hydrogen-bond acceptors (Lipinski definition) is 1. The van der Waals surface area contributed by atoms with Gasteiger partial charge < -0.3 is 4.43 Å². The van der Waals surface area contributed by atoms with Crippen molar-refractivity contribution in [2.75, 3.05) is 6.23 Å². The van der Waals surface area contributed by atoms with E-state index in [0.717, 1.165) is 0 Å². The average molecular weight is 221 g/mol. The second kappa shape index (κ2) is 4.17. The highest BCUT2D eigenvalue weighted by atomic mass is 29.8. The van der Waals surface area contributed by atoms with Crippen molar-refractivity contribution in [1.29, 1.82) is 0 Å². The predicted octanol–water partition coefficient (Wildman–Crippen LogP) is -0.356. The molecule has 0 amide bonds. The van der Waals surface area contributed by atoms with E-state index < -0.39 is 7.59 Å². The normalized spacial score (nSPS) is 34.6. The lowest BCUT2D eigenvalue weighted by Gasteiger charge is -2.38. The molecule has 0 spiro atoms. The first-order valence-electron chi connectivity index (χ1n) is 4.83. The van der Waals surface area contributed by atoms with Gasteiger partial charge in [-0.05, 0) is 0 Å². The van der Waals surface area contributed by atoms with E-state index in [1.165, 1.54) is 18.3 Å². The maximum absolute atomic E-state index is 5.83. The van der Waals surface area contributed by atoms with Crippen LogP contribution in [0.15, 0.2) is 0 Å². The monoisotopic (exact) mass is 220 g/mol. The third kappa shape index (κ3) is 1.95. The second-order valence-electron chi connectivity index (χ2n) is 3.81. The van der Waals surface area contributed by atoms with Crippen LogP contribution in [0.5, 0.6) is 0 Å².